The Labute approximate surface area is 408 Å². The number of fused-ring (bicyclic) bond motifs is 5. The molecule has 21 nitrogen and oxygen atoms in total. The van der Waals surface area contributed by atoms with Crippen molar-refractivity contribution in [3.8, 4) is 0 Å². The highest BCUT2D eigenvalue weighted by molar-refractivity contribution is 5.96. The van der Waals surface area contributed by atoms with E-state index in [2.05, 4.69) is 5.32 Å². The van der Waals surface area contributed by atoms with Crippen molar-refractivity contribution in [3.63, 3.8) is 0 Å². The van der Waals surface area contributed by atoms with E-state index in [0.29, 0.717) is 5.56 Å². The number of hydrogen-bond acceptors (Lipinski definition) is 20. The normalized spacial score (nSPS) is 33.6. The molecule has 3 aliphatic carbocycles. The molecular formula is C50H59NO20. The number of esters is 6. The van der Waals surface area contributed by atoms with Crippen LogP contribution in [-0.2, 0) is 80.9 Å². The number of carbonyl (C=O) groups is 8. The van der Waals surface area contributed by atoms with Gasteiger partial charge in [0.25, 0.3) is 12.2 Å². The van der Waals surface area contributed by atoms with Gasteiger partial charge < -0.3 is 58.2 Å². The Hall–Kier alpha value is -6.10. The lowest BCUT2D eigenvalue weighted by molar-refractivity contribution is -0.394. The minimum absolute atomic E-state index is 0.0703. The molecule has 3 N–H and O–H groups in total. The Morgan fingerprint density at radius 3 is 1.93 bits per heavy atom. The Kier molecular flexibility index (Phi) is 15.0. The molecule has 2 aromatic carbocycles. The third-order valence-corrected chi connectivity index (χ3v) is 14.3. The van der Waals surface area contributed by atoms with Crippen LogP contribution in [0.3, 0.4) is 0 Å². The molecule has 0 spiro atoms. The number of hydrogen-bond donors (Lipinski definition) is 3. The fourth-order valence-corrected chi connectivity index (χ4v) is 11.0. The summed E-state index contributed by atoms with van der Waals surface area (Å²) in [7, 11) is 0. The number of amides is 1. The minimum Gasteiger partial charge on any atom is -0.459 e. The molecule has 384 valence electrons. The van der Waals surface area contributed by atoms with E-state index in [-0.39, 0.29) is 23.1 Å². The number of nitrogens with one attached hydrogen (secondary N) is 1. The van der Waals surface area contributed by atoms with E-state index in [1.165, 1.54) is 27.7 Å². The van der Waals surface area contributed by atoms with E-state index in [4.69, 9.17) is 47.4 Å². The molecule has 2 bridgehead atoms. The number of ether oxygens (including phenoxy) is 10. The lowest BCUT2D eigenvalue weighted by Gasteiger charge is -2.68. The second-order valence-corrected chi connectivity index (χ2v) is 19.2. The molecular weight excluding hydrogens is 935 g/mol. The van der Waals surface area contributed by atoms with Crippen molar-refractivity contribution >= 4 is 47.5 Å². The van der Waals surface area contributed by atoms with Crippen LogP contribution >= 0.6 is 0 Å². The van der Waals surface area contributed by atoms with Crippen LogP contribution in [0.25, 0.3) is 0 Å². The fourth-order valence-electron chi connectivity index (χ4n) is 11.0. The second-order valence-electron chi connectivity index (χ2n) is 19.2. The van der Waals surface area contributed by atoms with E-state index in [1.54, 1.807) is 60.7 Å². The first-order valence-corrected chi connectivity index (χ1v) is 23.1. The van der Waals surface area contributed by atoms with Crippen molar-refractivity contribution in [2.75, 3.05) is 13.2 Å². The predicted octanol–water partition coefficient (Wildman–Crippen LogP) is 2.62. The van der Waals surface area contributed by atoms with E-state index >= 15 is 4.79 Å². The lowest BCUT2D eigenvalue weighted by Crippen LogP contribution is -2.82. The van der Waals surface area contributed by atoms with Crippen LogP contribution in [-0.4, -0.2) is 138 Å². The molecule has 0 radical (unpaired) electrons. The van der Waals surface area contributed by atoms with Crippen LogP contribution in [0.1, 0.15) is 97.1 Å². The van der Waals surface area contributed by atoms with E-state index < -0.39 is 157 Å². The molecule has 2 saturated carbocycles. The summed E-state index contributed by atoms with van der Waals surface area (Å²) >= 11 is 0. The van der Waals surface area contributed by atoms with Crippen molar-refractivity contribution in [2.45, 2.75) is 148 Å². The average molecular weight is 994 g/mol. The average Bonchev–Trinajstić information content (AvgIpc) is 3.29. The SMILES string of the molecule is CC(=O)OC1CO[C@@H](O[C@H]2C[C@H]3OC[C@@]3(OC(C)=O)[C@H]3[C@H](OC(C)=O)[C@]4(O)C[C@H](OC(=O)[C@H](O)[C@@H](NC(=O)c5ccccc5)c5ccccc5)C(C)=C([C@@H](OC(C)=O)C(=O)[C@]23C)C4(C)C)C(OC(C)=O)O1. The van der Waals surface area contributed by atoms with Crippen LogP contribution in [0.4, 0.5) is 0 Å². The number of Topliss-reactive ketones (excluding diaryl/α,β-unsaturated/α-hetero) is 1. The van der Waals surface area contributed by atoms with Gasteiger partial charge in [-0.2, -0.15) is 0 Å². The fraction of sp³-hybridized carbons (Fsp3) is 0.560. The van der Waals surface area contributed by atoms with Crippen LogP contribution in [0.15, 0.2) is 71.8 Å². The largest absolute Gasteiger partial charge is 0.459 e. The van der Waals surface area contributed by atoms with Crippen LogP contribution in [0, 0.1) is 16.7 Å². The first kappa shape index (κ1) is 52.7. The molecule has 2 heterocycles. The maximum absolute atomic E-state index is 16.2. The Bertz CT molecular complexity index is 2460. The summed E-state index contributed by atoms with van der Waals surface area (Å²) in [6, 6.07) is 14.8. The number of benzene rings is 2. The second kappa shape index (κ2) is 20.2. The molecule has 71 heavy (non-hydrogen) atoms. The summed E-state index contributed by atoms with van der Waals surface area (Å²) in [5.74, 6) is -8.84. The molecule has 0 aromatic heterocycles. The van der Waals surface area contributed by atoms with Crippen LogP contribution in [0.5, 0.6) is 0 Å². The highest BCUT2D eigenvalue weighted by atomic mass is 16.8. The van der Waals surface area contributed by atoms with Gasteiger partial charge in [-0.3, -0.25) is 38.3 Å². The van der Waals surface area contributed by atoms with Gasteiger partial charge in [-0.05, 0) is 42.7 Å². The Balaban J connectivity index is 1.37. The van der Waals surface area contributed by atoms with Gasteiger partial charge in [0, 0.05) is 58.4 Å². The number of ketones is 1. The van der Waals surface area contributed by atoms with E-state index in [9.17, 15) is 43.8 Å². The maximum Gasteiger partial charge on any atom is 0.338 e. The summed E-state index contributed by atoms with van der Waals surface area (Å²) in [6.45, 7) is 10.5. The van der Waals surface area contributed by atoms with Crippen molar-refractivity contribution in [2.24, 2.45) is 16.7 Å². The molecule has 2 unspecified atom stereocenters. The summed E-state index contributed by atoms with van der Waals surface area (Å²) in [5.41, 5.74) is -7.66. The maximum atomic E-state index is 16.2. The minimum atomic E-state index is -2.47. The summed E-state index contributed by atoms with van der Waals surface area (Å²) in [5, 5.41) is 28.4. The van der Waals surface area contributed by atoms with Crippen molar-refractivity contribution in [3.05, 3.63) is 82.9 Å². The zero-order chi connectivity index (χ0) is 52.0. The zero-order valence-electron chi connectivity index (χ0n) is 40.7. The van der Waals surface area contributed by atoms with Crippen LogP contribution in [0.2, 0.25) is 0 Å². The summed E-state index contributed by atoms with van der Waals surface area (Å²) in [6.07, 6.45) is -15.7. The quantitative estimate of drug-likeness (QED) is 0.148. The zero-order valence-corrected chi connectivity index (χ0v) is 40.7. The molecule has 5 aliphatic rings. The van der Waals surface area contributed by atoms with Gasteiger partial charge in [-0.25, -0.2) is 4.79 Å². The molecule has 1 amide bonds. The molecule has 2 aliphatic heterocycles. The first-order chi connectivity index (χ1) is 33.3. The van der Waals surface area contributed by atoms with Gasteiger partial charge in [0.1, 0.15) is 30.5 Å². The summed E-state index contributed by atoms with van der Waals surface area (Å²) < 4.78 is 59.3. The highest BCUT2D eigenvalue weighted by Gasteiger charge is 2.79. The van der Waals surface area contributed by atoms with Gasteiger partial charge in [0.2, 0.25) is 12.6 Å². The van der Waals surface area contributed by atoms with Gasteiger partial charge in [0.05, 0.1) is 30.1 Å². The monoisotopic (exact) mass is 993 g/mol. The van der Waals surface area contributed by atoms with Crippen molar-refractivity contribution < 1.29 is 95.9 Å². The lowest BCUT2D eigenvalue weighted by atomic mass is 9.44. The number of rotatable bonds is 13. The Morgan fingerprint density at radius 1 is 0.761 bits per heavy atom. The van der Waals surface area contributed by atoms with Crippen LogP contribution < -0.4 is 5.32 Å². The van der Waals surface area contributed by atoms with E-state index in [1.807, 2.05) is 0 Å². The topological polar surface area (TPSA) is 281 Å². The molecule has 21 heteroatoms. The smallest absolute Gasteiger partial charge is 0.338 e. The highest BCUT2D eigenvalue weighted by Crippen LogP contribution is 2.65. The third kappa shape index (κ3) is 9.82. The molecule has 2 saturated heterocycles. The molecule has 7 rings (SSSR count). The summed E-state index contributed by atoms with van der Waals surface area (Å²) in [4.78, 5) is 108. The van der Waals surface area contributed by atoms with Gasteiger partial charge in [0.15, 0.2) is 23.6 Å². The predicted molar refractivity (Wildman–Crippen MR) is 238 cm³/mol. The number of carbonyl (C=O) groups excluding carboxylic acids is 8. The number of aliphatic hydroxyl groups is 2. The number of aliphatic hydroxyl groups excluding tert-OH is 1. The van der Waals surface area contributed by atoms with Gasteiger partial charge in [-0.1, -0.05) is 62.4 Å². The van der Waals surface area contributed by atoms with Gasteiger partial charge in [-0.15, -0.1) is 0 Å². The first-order valence-electron chi connectivity index (χ1n) is 23.1. The third-order valence-electron chi connectivity index (χ3n) is 14.3. The van der Waals surface area contributed by atoms with Gasteiger partial charge >= 0.3 is 35.8 Å². The van der Waals surface area contributed by atoms with Crippen molar-refractivity contribution in [1.29, 1.82) is 0 Å². The Morgan fingerprint density at radius 2 is 1.37 bits per heavy atom. The van der Waals surface area contributed by atoms with E-state index in [0.717, 1.165) is 34.6 Å². The van der Waals surface area contributed by atoms with Crippen molar-refractivity contribution in [1.82, 2.24) is 5.32 Å². The standard InChI is InChI=1S/C50H59NO20/c1-24-32(68-44(60)38(57)37(30-16-12-10-13-17-30)51-43(59)31-18-14-11-15-19-31)21-50(61)42(66-27(4)54)40-48(9,41(58)39(65-26(3)53)36(24)47(50,7)8)33(20-34-49(40,23-63-34)71-29(6)56)69-45-46(67-28(5)55)70-35(22-62-45)64-25(2)52/h10-19,32-35,37-40,42,45-46,57,61H,20-23H2,1-9H3,(H,51,59)/t32-,33-,34+,35?,37-,38+,39+,40-,42-,45-,46?,48+,49-,50+/m0/s1. The molecule has 14 atom stereocenters. The molecule has 4 fully saturated rings. The molecule has 2 aromatic rings.